The Morgan fingerprint density at radius 1 is 1.26 bits per heavy atom. The average molecular weight is 318 g/mol. The topological polar surface area (TPSA) is 78.3 Å². The Labute approximate surface area is 135 Å². The highest BCUT2D eigenvalue weighted by Gasteiger charge is 2.18. The van der Waals surface area contributed by atoms with E-state index in [4.69, 9.17) is 9.47 Å². The number of nitrogens with one attached hydrogen (secondary N) is 1. The molecule has 0 spiro atoms. The Kier molecular flexibility index (Phi) is 5.96. The van der Waals surface area contributed by atoms with Crippen LogP contribution in [0.1, 0.15) is 13.8 Å². The fourth-order valence-corrected chi connectivity index (χ4v) is 2.02. The first-order chi connectivity index (χ1) is 11.1. The third-order valence-corrected chi connectivity index (χ3v) is 3.39. The van der Waals surface area contributed by atoms with Gasteiger partial charge in [0.25, 0.3) is 5.91 Å². The second-order valence-corrected chi connectivity index (χ2v) is 5.47. The van der Waals surface area contributed by atoms with Crippen LogP contribution in [0.4, 0.5) is 0 Å². The molecule has 1 atom stereocenters. The van der Waals surface area contributed by atoms with Crippen molar-refractivity contribution in [1.29, 1.82) is 0 Å². The van der Waals surface area contributed by atoms with Crippen LogP contribution in [0.5, 0.6) is 11.5 Å². The van der Waals surface area contributed by atoms with Gasteiger partial charge in [0.2, 0.25) is 0 Å². The number of carbonyl (C=O) groups excluding carboxylic acids is 1. The summed E-state index contributed by atoms with van der Waals surface area (Å²) < 4.78 is 10.6. The summed E-state index contributed by atoms with van der Waals surface area (Å²) in [5, 5.41) is 11.1. The van der Waals surface area contributed by atoms with Gasteiger partial charge in [0.05, 0.1) is 32.1 Å². The maximum Gasteiger partial charge on any atom is 0.258 e. The predicted molar refractivity (Wildman–Crippen MR) is 85.3 cm³/mol. The average Bonchev–Trinajstić information content (AvgIpc) is 3.05. The number of nitrogens with zero attached hydrogens (tertiary/aromatic N) is 3. The van der Waals surface area contributed by atoms with Gasteiger partial charge in [0, 0.05) is 6.07 Å². The van der Waals surface area contributed by atoms with Gasteiger partial charge in [-0.3, -0.25) is 4.79 Å². The largest absolute Gasteiger partial charge is 0.497 e. The Morgan fingerprint density at radius 3 is 2.61 bits per heavy atom. The summed E-state index contributed by atoms with van der Waals surface area (Å²) in [6.45, 7) is 4.55. The van der Waals surface area contributed by atoms with E-state index >= 15 is 0 Å². The highest BCUT2D eigenvalue weighted by molar-refractivity contribution is 5.77. The fourth-order valence-electron chi connectivity index (χ4n) is 2.02. The normalized spacial score (nSPS) is 12.0. The summed E-state index contributed by atoms with van der Waals surface area (Å²) in [6.07, 6.45) is 3.23. The van der Waals surface area contributed by atoms with Crippen molar-refractivity contribution in [3.63, 3.8) is 0 Å². The third-order valence-electron chi connectivity index (χ3n) is 3.39. The molecular weight excluding hydrogens is 296 g/mol. The molecule has 1 amide bonds. The monoisotopic (exact) mass is 318 g/mol. The van der Waals surface area contributed by atoms with Crippen LogP contribution < -0.4 is 14.8 Å². The summed E-state index contributed by atoms with van der Waals surface area (Å²) in [7, 11) is 1.59. The predicted octanol–water partition coefficient (Wildman–Crippen LogP) is 1.51. The molecule has 2 aromatic rings. The van der Waals surface area contributed by atoms with Crippen LogP contribution in [0.15, 0.2) is 36.7 Å². The van der Waals surface area contributed by atoms with E-state index in [9.17, 15) is 4.79 Å². The van der Waals surface area contributed by atoms with Gasteiger partial charge in [0.1, 0.15) is 11.5 Å². The number of hydrogen-bond donors (Lipinski definition) is 1. The molecule has 1 aromatic carbocycles. The van der Waals surface area contributed by atoms with Crippen LogP contribution in [0, 0.1) is 5.92 Å². The molecule has 0 saturated carbocycles. The quantitative estimate of drug-likeness (QED) is 0.798. The standard InChI is InChI=1S/C16H22N4O3/c1-12(2)15(10-20-17-7-8-18-20)19-16(21)11-23-14-6-4-5-13(9-14)22-3/h4-9,12,15H,10-11H2,1-3H3,(H,19,21). The van der Waals surface area contributed by atoms with Crippen molar-refractivity contribution in [2.45, 2.75) is 26.4 Å². The van der Waals surface area contributed by atoms with Gasteiger partial charge in [-0.25, -0.2) is 0 Å². The van der Waals surface area contributed by atoms with E-state index in [2.05, 4.69) is 15.5 Å². The van der Waals surface area contributed by atoms with E-state index in [0.29, 0.717) is 18.0 Å². The number of rotatable bonds is 8. The Morgan fingerprint density at radius 2 is 1.96 bits per heavy atom. The number of amides is 1. The Bertz CT molecular complexity index is 614. The van der Waals surface area contributed by atoms with E-state index in [0.717, 1.165) is 0 Å². The number of benzene rings is 1. The molecule has 0 aliphatic rings. The molecule has 23 heavy (non-hydrogen) atoms. The van der Waals surface area contributed by atoms with Gasteiger partial charge in [-0.05, 0) is 18.1 Å². The molecule has 7 nitrogen and oxygen atoms in total. The highest BCUT2D eigenvalue weighted by Crippen LogP contribution is 2.18. The number of methoxy groups -OCH3 is 1. The summed E-state index contributed by atoms with van der Waals surface area (Å²) in [5.74, 6) is 1.35. The molecular formula is C16H22N4O3. The molecule has 0 fully saturated rings. The first kappa shape index (κ1) is 16.8. The Balaban J connectivity index is 1.86. The lowest BCUT2D eigenvalue weighted by atomic mass is 10.0. The lowest BCUT2D eigenvalue weighted by molar-refractivity contribution is -0.124. The molecule has 0 bridgehead atoms. The second-order valence-electron chi connectivity index (χ2n) is 5.47. The summed E-state index contributed by atoms with van der Waals surface area (Å²) in [6, 6.07) is 7.08. The van der Waals surface area contributed by atoms with Crippen molar-refractivity contribution >= 4 is 5.91 Å². The lowest BCUT2D eigenvalue weighted by Gasteiger charge is -2.21. The van der Waals surface area contributed by atoms with Gasteiger partial charge in [-0.15, -0.1) is 0 Å². The minimum atomic E-state index is -0.182. The van der Waals surface area contributed by atoms with E-state index in [-0.39, 0.29) is 24.5 Å². The summed E-state index contributed by atoms with van der Waals surface area (Å²) in [4.78, 5) is 13.7. The summed E-state index contributed by atoms with van der Waals surface area (Å²) >= 11 is 0. The minimum absolute atomic E-state index is 0.0527. The molecule has 1 heterocycles. The highest BCUT2D eigenvalue weighted by atomic mass is 16.5. The number of aromatic nitrogens is 3. The number of hydrogen-bond acceptors (Lipinski definition) is 5. The zero-order chi connectivity index (χ0) is 16.7. The van der Waals surface area contributed by atoms with Crippen LogP contribution in [-0.2, 0) is 11.3 Å². The molecule has 124 valence electrons. The SMILES string of the molecule is COc1cccc(OCC(=O)NC(Cn2nccn2)C(C)C)c1. The van der Waals surface area contributed by atoms with E-state index in [1.807, 2.05) is 26.0 Å². The molecule has 1 unspecified atom stereocenters. The second kappa shape index (κ2) is 8.17. The molecule has 0 aliphatic heterocycles. The van der Waals surface area contributed by atoms with Crippen molar-refractivity contribution in [2.24, 2.45) is 5.92 Å². The van der Waals surface area contributed by atoms with Crippen molar-refractivity contribution in [2.75, 3.05) is 13.7 Å². The third kappa shape index (κ3) is 5.28. The van der Waals surface area contributed by atoms with Gasteiger partial charge >= 0.3 is 0 Å². The van der Waals surface area contributed by atoms with E-state index < -0.39 is 0 Å². The van der Waals surface area contributed by atoms with Crippen LogP contribution in [-0.4, -0.2) is 40.7 Å². The summed E-state index contributed by atoms with van der Waals surface area (Å²) in [5.41, 5.74) is 0. The van der Waals surface area contributed by atoms with Crippen LogP contribution in [0.2, 0.25) is 0 Å². The Hall–Kier alpha value is -2.57. The maximum absolute atomic E-state index is 12.1. The zero-order valence-electron chi connectivity index (χ0n) is 13.6. The molecule has 1 N–H and O–H groups in total. The van der Waals surface area contributed by atoms with E-state index in [1.165, 1.54) is 0 Å². The smallest absolute Gasteiger partial charge is 0.258 e. The molecule has 0 saturated heterocycles. The maximum atomic E-state index is 12.1. The van der Waals surface area contributed by atoms with Gasteiger partial charge in [0.15, 0.2) is 6.61 Å². The minimum Gasteiger partial charge on any atom is -0.497 e. The van der Waals surface area contributed by atoms with Gasteiger partial charge in [-0.1, -0.05) is 19.9 Å². The van der Waals surface area contributed by atoms with Crippen molar-refractivity contribution in [1.82, 2.24) is 20.3 Å². The molecule has 2 rings (SSSR count). The van der Waals surface area contributed by atoms with Gasteiger partial charge in [-0.2, -0.15) is 15.0 Å². The van der Waals surface area contributed by atoms with Crippen LogP contribution in [0.25, 0.3) is 0 Å². The first-order valence-corrected chi connectivity index (χ1v) is 7.49. The molecule has 0 aliphatic carbocycles. The molecule has 7 heteroatoms. The first-order valence-electron chi connectivity index (χ1n) is 7.49. The number of carbonyl (C=O) groups is 1. The van der Waals surface area contributed by atoms with Crippen molar-refractivity contribution in [3.05, 3.63) is 36.7 Å². The number of ether oxygens (including phenoxy) is 2. The van der Waals surface area contributed by atoms with Crippen LogP contribution >= 0.6 is 0 Å². The lowest BCUT2D eigenvalue weighted by Crippen LogP contribution is -2.44. The van der Waals surface area contributed by atoms with Crippen molar-refractivity contribution < 1.29 is 14.3 Å². The van der Waals surface area contributed by atoms with Crippen LogP contribution in [0.3, 0.4) is 0 Å². The van der Waals surface area contributed by atoms with E-state index in [1.54, 1.807) is 36.4 Å². The fraction of sp³-hybridized carbons (Fsp3) is 0.438. The molecule has 1 aromatic heterocycles. The van der Waals surface area contributed by atoms with Gasteiger partial charge < -0.3 is 14.8 Å². The van der Waals surface area contributed by atoms with Crippen molar-refractivity contribution in [3.8, 4) is 11.5 Å². The zero-order valence-corrected chi connectivity index (χ0v) is 13.6. The molecule has 0 radical (unpaired) electrons.